The molecule has 6 heteroatoms. The topological polar surface area (TPSA) is 66.9 Å². The number of carbonyl (C=O) groups excluding carboxylic acids is 1. The first-order chi connectivity index (χ1) is 12.4. The maximum Gasteiger partial charge on any atom is 0.258 e. The van der Waals surface area contributed by atoms with Crippen molar-refractivity contribution in [2.45, 2.75) is 20.8 Å². The van der Waals surface area contributed by atoms with Gasteiger partial charge in [-0.25, -0.2) is 9.97 Å². The van der Waals surface area contributed by atoms with E-state index in [1.54, 1.807) is 0 Å². The van der Waals surface area contributed by atoms with Gasteiger partial charge in [0.05, 0.1) is 5.56 Å². The van der Waals surface area contributed by atoms with E-state index in [9.17, 15) is 4.79 Å². The van der Waals surface area contributed by atoms with Crippen LogP contribution in [0, 0.1) is 20.8 Å². The lowest BCUT2D eigenvalue weighted by atomic mass is 10.1. The zero-order valence-electron chi connectivity index (χ0n) is 14.8. The number of aromatic nitrogens is 2. The number of hydrogen-bond donors (Lipinski definition) is 2. The van der Waals surface area contributed by atoms with Crippen molar-refractivity contribution in [3.05, 3.63) is 76.1 Å². The maximum atomic E-state index is 12.4. The summed E-state index contributed by atoms with van der Waals surface area (Å²) in [5, 5.41) is 6.65. The lowest BCUT2D eigenvalue weighted by Crippen LogP contribution is -2.14. The van der Waals surface area contributed by atoms with E-state index in [2.05, 4.69) is 20.6 Å². The van der Waals surface area contributed by atoms with E-state index in [0.29, 0.717) is 16.5 Å². The number of nitrogens with zero attached hydrogens (tertiary/aromatic N) is 2. The third kappa shape index (κ3) is 4.00. The Labute approximate surface area is 157 Å². The molecule has 3 aromatic rings. The van der Waals surface area contributed by atoms with Gasteiger partial charge < -0.3 is 10.6 Å². The van der Waals surface area contributed by atoms with Crippen LogP contribution in [0.15, 0.2) is 48.8 Å². The molecule has 26 heavy (non-hydrogen) atoms. The molecular weight excluding hydrogens is 348 g/mol. The minimum absolute atomic E-state index is 0.248. The number of amides is 1. The fourth-order valence-corrected chi connectivity index (χ4v) is 2.70. The van der Waals surface area contributed by atoms with Crippen molar-refractivity contribution < 1.29 is 4.79 Å². The smallest absolute Gasteiger partial charge is 0.258 e. The van der Waals surface area contributed by atoms with Crippen molar-refractivity contribution in [2.24, 2.45) is 0 Å². The molecule has 5 nitrogen and oxygen atoms in total. The number of benzene rings is 2. The van der Waals surface area contributed by atoms with Crippen LogP contribution in [0.25, 0.3) is 0 Å². The monoisotopic (exact) mass is 366 g/mol. The fourth-order valence-electron chi connectivity index (χ4n) is 2.52. The molecule has 132 valence electrons. The highest BCUT2D eigenvalue weighted by Crippen LogP contribution is 2.24. The van der Waals surface area contributed by atoms with Crippen LogP contribution in [0.2, 0.25) is 5.02 Å². The first-order valence-corrected chi connectivity index (χ1v) is 8.54. The number of rotatable bonds is 4. The van der Waals surface area contributed by atoms with Crippen LogP contribution in [0.3, 0.4) is 0 Å². The maximum absolute atomic E-state index is 12.4. The second-order valence-electron chi connectivity index (χ2n) is 6.11. The van der Waals surface area contributed by atoms with Crippen molar-refractivity contribution in [1.82, 2.24) is 9.97 Å². The Morgan fingerprint density at radius 3 is 2.42 bits per heavy atom. The van der Waals surface area contributed by atoms with E-state index in [1.165, 1.54) is 12.4 Å². The molecule has 2 aromatic carbocycles. The molecule has 0 saturated carbocycles. The van der Waals surface area contributed by atoms with Gasteiger partial charge in [-0.1, -0.05) is 35.4 Å². The highest BCUT2D eigenvalue weighted by atomic mass is 35.5. The molecule has 3 rings (SSSR count). The summed E-state index contributed by atoms with van der Waals surface area (Å²) >= 11 is 6.11. The van der Waals surface area contributed by atoms with Gasteiger partial charge in [0.2, 0.25) is 5.95 Å². The zero-order valence-corrected chi connectivity index (χ0v) is 15.6. The number of nitrogens with one attached hydrogen (secondary N) is 2. The van der Waals surface area contributed by atoms with Gasteiger partial charge in [-0.15, -0.1) is 0 Å². The third-order valence-electron chi connectivity index (χ3n) is 4.06. The zero-order chi connectivity index (χ0) is 18.7. The molecule has 0 fully saturated rings. The van der Waals surface area contributed by atoms with E-state index in [0.717, 1.165) is 28.1 Å². The summed E-state index contributed by atoms with van der Waals surface area (Å²) in [7, 11) is 0. The van der Waals surface area contributed by atoms with Gasteiger partial charge in [-0.05, 0) is 50.1 Å². The first-order valence-electron chi connectivity index (χ1n) is 8.17. The highest BCUT2D eigenvalue weighted by Gasteiger charge is 2.10. The van der Waals surface area contributed by atoms with Crippen molar-refractivity contribution in [2.75, 3.05) is 10.6 Å². The molecule has 0 aliphatic rings. The molecule has 0 aliphatic carbocycles. The summed E-state index contributed by atoms with van der Waals surface area (Å²) in [5.74, 6) is 0.154. The van der Waals surface area contributed by atoms with E-state index >= 15 is 0 Å². The van der Waals surface area contributed by atoms with E-state index in [-0.39, 0.29) is 5.91 Å². The fraction of sp³-hybridized carbons (Fsp3) is 0.150. The predicted molar refractivity (Wildman–Crippen MR) is 105 cm³/mol. The summed E-state index contributed by atoms with van der Waals surface area (Å²) in [6, 6.07) is 11.4. The third-order valence-corrected chi connectivity index (χ3v) is 4.47. The lowest BCUT2D eigenvalue weighted by molar-refractivity contribution is 0.102. The van der Waals surface area contributed by atoms with E-state index in [1.807, 2.05) is 57.2 Å². The molecule has 0 aliphatic heterocycles. The number of anilines is 3. The van der Waals surface area contributed by atoms with Gasteiger partial charge in [-0.3, -0.25) is 4.79 Å². The molecule has 0 spiro atoms. The average molecular weight is 367 g/mol. The quantitative estimate of drug-likeness (QED) is 0.678. The molecule has 1 aromatic heterocycles. The minimum Gasteiger partial charge on any atom is -0.324 e. The van der Waals surface area contributed by atoms with Gasteiger partial charge >= 0.3 is 0 Å². The summed E-state index contributed by atoms with van der Waals surface area (Å²) in [6.07, 6.45) is 2.99. The predicted octanol–water partition coefficient (Wildman–Crippen LogP) is 5.05. The van der Waals surface area contributed by atoms with Gasteiger partial charge in [-0.2, -0.15) is 0 Å². The Morgan fingerprint density at radius 1 is 1.00 bits per heavy atom. The summed E-state index contributed by atoms with van der Waals surface area (Å²) < 4.78 is 0. The van der Waals surface area contributed by atoms with Crippen LogP contribution in [0.1, 0.15) is 27.0 Å². The molecule has 0 saturated heterocycles. The van der Waals surface area contributed by atoms with Crippen LogP contribution in [-0.2, 0) is 0 Å². The number of carbonyl (C=O) groups is 1. The van der Waals surface area contributed by atoms with Crippen LogP contribution in [0.5, 0.6) is 0 Å². The number of halogens is 1. The number of aryl methyl sites for hydroxylation is 2. The number of hydrogen-bond acceptors (Lipinski definition) is 4. The Bertz CT molecular complexity index is 955. The van der Waals surface area contributed by atoms with Crippen molar-refractivity contribution in [1.29, 1.82) is 0 Å². The molecule has 0 radical (unpaired) electrons. The first kappa shape index (κ1) is 17.9. The minimum atomic E-state index is -0.248. The van der Waals surface area contributed by atoms with Crippen molar-refractivity contribution in [3.8, 4) is 0 Å². The molecule has 2 N–H and O–H groups in total. The molecule has 1 heterocycles. The Morgan fingerprint density at radius 2 is 1.73 bits per heavy atom. The summed E-state index contributed by atoms with van der Waals surface area (Å²) in [4.78, 5) is 20.8. The van der Waals surface area contributed by atoms with Gasteiger partial charge in [0.1, 0.15) is 0 Å². The molecular formula is C20H19ClN4O. The van der Waals surface area contributed by atoms with Crippen LogP contribution < -0.4 is 10.6 Å². The van der Waals surface area contributed by atoms with Crippen molar-refractivity contribution >= 4 is 34.8 Å². The second-order valence-corrected chi connectivity index (χ2v) is 6.51. The summed E-state index contributed by atoms with van der Waals surface area (Å²) in [5.41, 5.74) is 5.06. The van der Waals surface area contributed by atoms with Gasteiger partial charge in [0, 0.05) is 28.8 Å². The molecule has 1 amide bonds. The van der Waals surface area contributed by atoms with Crippen LogP contribution >= 0.6 is 11.6 Å². The molecule has 0 atom stereocenters. The Hall–Kier alpha value is -2.92. The van der Waals surface area contributed by atoms with Crippen LogP contribution in [0.4, 0.5) is 17.3 Å². The molecule has 0 bridgehead atoms. The highest BCUT2D eigenvalue weighted by molar-refractivity contribution is 6.31. The molecule has 0 unspecified atom stereocenters. The standard InChI is InChI=1S/C20H19ClN4O/c1-12-7-8-17(13(2)9-12)24-19(26)15-10-22-20(23-11-15)25-18-6-4-5-16(21)14(18)3/h4-11H,1-3H3,(H,24,26)(H,22,23,25). The van der Waals surface area contributed by atoms with Gasteiger partial charge in [0.15, 0.2) is 0 Å². The van der Waals surface area contributed by atoms with Crippen molar-refractivity contribution in [3.63, 3.8) is 0 Å². The lowest BCUT2D eigenvalue weighted by Gasteiger charge is -2.10. The SMILES string of the molecule is Cc1ccc(NC(=O)c2cnc(Nc3cccc(Cl)c3C)nc2)c(C)c1. The normalized spacial score (nSPS) is 10.5. The summed E-state index contributed by atoms with van der Waals surface area (Å²) in [6.45, 7) is 5.88. The second kappa shape index (κ2) is 7.54. The Kier molecular flexibility index (Phi) is 5.19. The average Bonchev–Trinajstić information content (AvgIpc) is 2.62. The Balaban J connectivity index is 1.72. The van der Waals surface area contributed by atoms with Crippen LogP contribution in [-0.4, -0.2) is 15.9 Å². The largest absolute Gasteiger partial charge is 0.324 e. The van der Waals surface area contributed by atoms with E-state index in [4.69, 9.17) is 11.6 Å². The van der Waals surface area contributed by atoms with Gasteiger partial charge in [0.25, 0.3) is 5.91 Å². The van der Waals surface area contributed by atoms with E-state index < -0.39 is 0 Å².